The van der Waals surface area contributed by atoms with Crippen molar-refractivity contribution < 1.29 is 9.53 Å². The average Bonchev–Trinajstić information content (AvgIpc) is 3.14. The van der Waals surface area contributed by atoms with E-state index in [4.69, 9.17) is 4.74 Å². The molecule has 1 atom stereocenters. The Balaban J connectivity index is 1.19. The highest BCUT2D eigenvalue weighted by molar-refractivity contribution is 7.10. The Kier molecular flexibility index (Phi) is 5.45. The van der Waals surface area contributed by atoms with Gasteiger partial charge in [0.25, 0.3) is 0 Å². The molecule has 0 N–H and O–H groups in total. The molecule has 5 nitrogen and oxygen atoms in total. The number of amides is 1. The molecule has 4 heterocycles. The molecule has 26 heavy (non-hydrogen) atoms. The van der Waals surface area contributed by atoms with Crippen LogP contribution >= 0.6 is 11.3 Å². The standard InChI is InChI=1S/C20H29N3O2S/c1-21-10-12-22(13-11-21)16-17-15-20(25-17)6-8-23(9-7-20)19(24)5-4-18-3-2-14-26-18/h2-5,14,17H,6-13,15-16H2,1H3/b5-4+. The fourth-order valence-corrected chi connectivity index (χ4v) is 4.90. The fourth-order valence-electron chi connectivity index (χ4n) is 4.28. The minimum absolute atomic E-state index is 0.0471. The molecular formula is C20H29N3O2S. The van der Waals surface area contributed by atoms with E-state index in [9.17, 15) is 4.79 Å². The number of likely N-dealkylation sites (N-methyl/N-ethyl adjacent to an activating group) is 1. The second-order valence-electron chi connectivity index (χ2n) is 7.90. The molecule has 4 rings (SSSR count). The fraction of sp³-hybridized carbons (Fsp3) is 0.650. The minimum atomic E-state index is 0.0471. The van der Waals surface area contributed by atoms with Crippen LogP contribution in [0.15, 0.2) is 23.6 Å². The Bertz CT molecular complexity index is 621. The van der Waals surface area contributed by atoms with E-state index >= 15 is 0 Å². The van der Waals surface area contributed by atoms with Crippen LogP contribution < -0.4 is 0 Å². The van der Waals surface area contributed by atoms with Gasteiger partial charge in [0.15, 0.2) is 0 Å². The van der Waals surface area contributed by atoms with Crippen molar-refractivity contribution in [3.63, 3.8) is 0 Å². The number of likely N-dealkylation sites (tertiary alicyclic amines) is 1. The summed E-state index contributed by atoms with van der Waals surface area (Å²) in [6, 6.07) is 4.04. The number of piperidine rings is 1. The van der Waals surface area contributed by atoms with Crippen LogP contribution in [-0.4, -0.2) is 85.2 Å². The lowest BCUT2D eigenvalue weighted by molar-refractivity contribution is -0.229. The van der Waals surface area contributed by atoms with Crippen LogP contribution in [0.4, 0.5) is 0 Å². The third-order valence-corrected chi connectivity index (χ3v) is 6.83. The number of hydrogen-bond acceptors (Lipinski definition) is 5. The number of piperazine rings is 1. The van der Waals surface area contributed by atoms with Gasteiger partial charge in [-0.3, -0.25) is 9.69 Å². The number of hydrogen-bond donors (Lipinski definition) is 0. The van der Waals surface area contributed by atoms with Crippen molar-refractivity contribution in [2.45, 2.75) is 31.0 Å². The zero-order valence-electron chi connectivity index (χ0n) is 15.6. The largest absolute Gasteiger partial charge is 0.370 e. The molecule has 0 saturated carbocycles. The molecule has 1 amide bonds. The third-order valence-electron chi connectivity index (χ3n) is 5.99. The quantitative estimate of drug-likeness (QED) is 0.756. The van der Waals surface area contributed by atoms with Crippen molar-refractivity contribution in [1.29, 1.82) is 0 Å². The van der Waals surface area contributed by atoms with E-state index in [-0.39, 0.29) is 11.5 Å². The molecule has 3 aliphatic heterocycles. The van der Waals surface area contributed by atoms with Crippen molar-refractivity contribution in [2.24, 2.45) is 0 Å². The second-order valence-corrected chi connectivity index (χ2v) is 8.88. The first-order valence-corrected chi connectivity index (χ1v) is 10.6. The highest BCUT2D eigenvalue weighted by Gasteiger charge is 2.47. The summed E-state index contributed by atoms with van der Waals surface area (Å²) in [7, 11) is 2.19. The van der Waals surface area contributed by atoms with Gasteiger partial charge in [0.2, 0.25) is 5.91 Å². The molecule has 3 fully saturated rings. The first kappa shape index (κ1) is 18.2. The van der Waals surface area contributed by atoms with Crippen LogP contribution in [0.2, 0.25) is 0 Å². The Morgan fingerprint density at radius 1 is 1.27 bits per heavy atom. The topological polar surface area (TPSA) is 36.0 Å². The zero-order chi connectivity index (χ0) is 18.0. The van der Waals surface area contributed by atoms with Crippen LogP contribution in [0.5, 0.6) is 0 Å². The molecule has 3 aliphatic rings. The van der Waals surface area contributed by atoms with E-state index in [1.54, 1.807) is 17.4 Å². The molecule has 1 unspecified atom stereocenters. The minimum Gasteiger partial charge on any atom is -0.370 e. The average molecular weight is 376 g/mol. The van der Waals surface area contributed by atoms with E-state index < -0.39 is 0 Å². The maximum absolute atomic E-state index is 12.4. The first-order valence-electron chi connectivity index (χ1n) is 9.71. The summed E-state index contributed by atoms with van der Waals surface area (Å²) in [6.07, 6.45) is 7.13. The van der Waals surface area contributed by atoms with Crippen LogP contribution in [0.3, 0.4) is 0 Å². The number of carbonyl (C=O) groups is 1. The molecule has 0 aliphatic carbocycles. The number of ether oxygens (including phenoxy) is 1. The maximum Gasteiger partial charge on any atom is 0.246 e. The summed E-state index contributed by atoms with van der Waals surface area (Å²) in [5.74, 6) is 0.126. The number of rotatable bonds is 4. The van der Waals surface area contributed by atoms with Crippen molar-refractivity contribution in [3.8, 4) is 0 Å². The molecule has 142 valence electrons. The third kappa shape index (κ3) is 4.19. The Morgan fingerprint density at radius 3 is 2.65 bits per heavy atom. The molecule has 0 radical (unpaired) electrons. The Hall–Kier alpha value is -1.21. The summed E-state index contributed by atoms with van der Waals surface area (Å²) in [5, 5.41) is 2.03. The molecule has 0 bridgehead atoms. The van der Waals surface area contributed by atoms with Crippen molar-refractivity contribution >= 4 is 23.3 Å². The number of carbonyl (C=O) groups excluding carboxylic acids is 1. The van der Waals surface area contributed by atoms with Gasteiger partial charge in [0, 0.05) is 63.2 Å². The van der Waals surface area contributed by atoms with Gasteiger partial charge in [0.05, 0.1) is 11.7 Å². The number of nitrogens with zero attached hydrogens (tertiary/aromatic N) is 3. The lowest BCUT2D eigenvalue weighted by atomic mass is 9.80. The summed E-state index contributed by atoms with van der Waals surface area (Å²) in [4.78, 5) is 20.4. The molecular weight excluding hydrogens is 346 g/mol. The Labute approximate surface area is 160 Å². The van der Waals surface area contributed by atoms with Gasteiger partial charge in [-0.25, -0.2) is 0 Å². The van der Waals surface area contributed by atoms with E-state index in [0.717, 1.165) is 70.0 Å². The summed E-state index contributed by atoms with van der Waals surface area (Å²) >= 11 is 1.65. The smallest absolute Gasteiger partial charge is 0.246 e. The predicted molar refractivity (Wildman–Crippen MR) is 105 cm³/mol. The van der Waals surface area contributed by atoms with Gasteiger partial charge in [-0.05, 0) is 37.4 Å². The summed E-state index contributed by atoms with van der Waals surface area (Å²) < 4.78 is 6.33. The van der Waals surface area contributed by atoms with Crippen LogP contribution in [-0.2, 0) is 9.53 Å². The Morgan fingerprint density at radius 2 is 2.00 bits per heavy atom. The normalized spacial score (nSPS) is 27.1. The second kappa shape index (κ2) is 7.80. The maximum atomic E-state index is 12.4. The van der Waals surface area contributed by atoms with Gasteiger partial charge >= 0.3 is 0 Å². The highest BCUT2D eigenvalue weighted by atomic mass is 32.1. The van der Waals surface area contributed by atoms with Gasteiger partial charge in [0.1, 0.15) is 0 Å². The molecule has 0 aromatic carbocycles. The molecule has 1 aromatic rings. The first-order chi connectivity index (χ1) is 12.6. The van der Waals surface area contributed by atoms with Crippen LogP contribution in [0.1, 0.15) is 24.1 Å². The molecule has 1 spiro atoms. The highest BCUT2D eigenvalue weighted by Crippen LogP contribution is 2.41. The summed E-state index contributed by atoms with van der Waals surface area (Å²) in [5.41, 5.74) is 0.0471. The molecule has 1 aromatic heterocycles. The van der Waals surface area contributed by atoms with Gasteiger partial charge in [-0.15, -0.1) is 11.3 Å². The van der Waals surface area contributed by atoms with Crippen LogP contribution in [0, 0.1) is 0 Å². The van der Waals surface area contributed by atoms with Gasteiger partial charge in [-0.1, -0.05) is 6.07 Å². The molecule has 3 saturated heterocycles. The lowest BCUT2D eigenvalue weighted by Gasteiger charge is -2.53. The van der Waals surface area contributed by atoms with Crippen LogP contribution in [0.25, 0.3) is 6.08 Å². The van der Waals surface area contributed by atoms with E-state index in [1.165, 1.54) is 0 Å². The van der Waals surface area contributed by atoms with E-state index in [1.807, 2.05) is 28.5 Å². The van der Waals surface area contributed by atoms with Gasteiger partial charge < -0.3 is 14.5 Å². The van der Waals surface area contributed by atoms with Crippen molar-refractivity contribution in [3.05, 3.63) is 28.5 Å². The number of thiophene rings is 1. The van der Waals surface area contributed by atoms with E-state index in [0.29, 0.717) is 6.10 Å². The summed E-state index contributed by atoms with van der Waals surface area (Å²) in [6.45, 7) is 7.33. The monoisotopic (exact) mass is 375 g/mol. The zero-order valence-corrected chi connectivity index (χ0v) is 16.4. The van der Waals surface area contributed by atoms with Gasteiger partial charge in [-0.2, -0.15) is 0 Å². The lowest BCUT2D eigenvalue weighted by Crippen LogP contribution is -2.60. The predicted octanol–water partition coefficient (Wildman–Crippen LogP) is 2.16. The SMILES string of the molecule is CN1CCN(CC2CC3(CCN(C(=O)/C=C/c4cccs4)CC3)O2)CC1. The molecule has 6 heteroatoms. The van der Waals surface area contributed by atoms with E-state index in [2.05, 4.69) is 16.8 Å². The van der Waals surface area contributed by atoms with Crippen molar-refractivity contribution in [2.75, 3.05) is 52.9 Å². The van der Waals surface area contributed by atoms with Crippen molar-refractivity contribution in [1.82, 2.24) is 14.7 Å².